The van der Waals surface area contributed by atoms with Crippen LogP contribution in [0.2, 0.25) is 0 Å². The maximum atomic E-state index is 12.0. The Morgan fingerprint density at radius 3 is 2.74 bits per heavy atom. The van der Waals surface area contributed by atoms with Gasteiger partial charge in [0.2, 0.25) is 6.79 Å². The highest BCUT2D eigenvalue weighted by Crippen LogP contribution is 2.32. The Kier molecular flexibility index (Phi) is 7.70. The average molecular weight is 399 g/mol. The number of carbonyl (C=O) groups excluding carboxylic acids is 3. The smallest absolute Gasteiger partial charge is 0.325 e. The first-order valence-electron chi connectivity index (χ1n) is 8.00. The monoisotopic (exact) mass is 399 g/mol. The first-order valence-corrected chi connectivity index (χ1v) is 8.98. The third kappa shape index (κ3) is 6.31. The van der Waals surface area contributed by atoms with Gasteiger partial charge in [0.25, 0.3) is 5.24 Å². The van der Waals surface area contributed by atoms with E-state index in [1.807, 2.05) is 6.07 Å². The van der Waals surface area contributed by atoms with E-state index in [1.54, 1.807) is 12.1 Å². The molecule has 1 aromatic rings. The number of hydrogen-bond donors (Lipinski definition) is 3. The van der Waals surface area contributed by atoms with E-state index in [-0.39, 0.29) is 19.0 Å². The molecule has 0 fully saturated rings. The van der Waals surface area contributed by atoms with Crippen molar-refractivity contribution in [2.45, 2.75) is 24.9 Å². The molecule has 0 bridgehead atoms. The summed E-state index contributed by atoms with van der Waals surface area (Å²) in [6.07, 6.45) is 0.497. The summed E-state index contributed by atoms with van der Waals surface area (Å²) in [5, 5.41) is -0.645. The molecule has 0 radical (unpaired) electrons. The number of aryl methyl sites for hydroxylation is 1. The highest BCUT2D eigenvalue weighted by Gasteiger charge is 2.27. The van der Waals surface area contributed by atoms with Crippen LogP contribution < -0.4 is 26.4 Å². The van der Waals surface area contributed by atoms with E-state index in [1.165, 1.54) is 7.11 Å². The summed E-state index contributed by atoms with van der Waals surface area (Å²) in [5.74, 6) is 0.0510. The number of nitrogens with one attached hydrogen (secondary N) is 1. The van der Waals surface area contributed by atoms with Crippen molar-refractivity contribution in [3.8, 4) is 11.5 Å². The Balaban J connectivity index is 1.83. The Morgan fingerprint density at radius 1 is 1.30 bits per heavy atom. The molecule has 0 aliphatic carbocycles. The topological polar surface area (TPSA) is 152 Å². The predicted molar refractivity (Wildman–Crippen MR) is 95.9 cm³/mol. The number of amides is 1. The molecule has 0 spiro atoms. The summed E-state index contributed by atoms with van der Waals surface area (Å²) in [5.41, 5.74) is 14.1. The van der Waals surface area contributed by atoms with Crippen molar-refractivity contribution in [3.63, 3.8) is 0 Å². The number of carbonyl (C=O) groups is 3. The van der Waals surface area contributed by atoms with Gasteiger partial charge in [-0.15, -0.1) is 5.48 Å². The van der Waals surface area contributed by atoms with Gasteiger partial charge < -0.3 is 30.5 Å². The fourth-order valence-corrected chi connectivity index (χ4v) is 2.84. The number of ether oxygens (including phenoxy) is 3. The van der Waals surface area contributed by atoms with Gasteiger partial charge in [-0.25, -0.2) is 0 Å². The molecule has 2 atom stereocenters. The van der Waals surface area contributed by atoms with Crippen LogP contribution in [0.25, 0.3) is 0 Å². The largest absolute Gasteiger partial charge is 0.468 e. The molecular formula is C16H21N3O7S. The van der Waals surface area contributed by atoms with E-state index in [2.05, 4.69) is 10.2 Å². The quantitative estimate of drug-likeness (QED) is 0.384. The van der Waals surface area contributed by atoms with E-state index in [4.69, 9.17) is 25.8 Å². The third-order valence-corrected chi connectivity index (χ3v) is 4.50. The molecule has 1 unspecified atom stereocenters. The molecule has 1 aromatic carbocycles. The minimum Gasteiger partial charge on any atom is -0.468 e. The number of hydroxylamine groups is 1. The van der Waals surface area contributed by atoms with Crippen molar-refractivity contribution in [2.75, 3.05) is 19.7 Å². The Hall–Kier alpha value is -2.50. The lowest BCUT2D eigenvalue weighted by atomic mass is 10.1. The third-order valence-electron chi connectivity index (χ3n) is 3.69. The number of esters is 1. The predicted octanol–water partition coefficient (Wildman–Crippen LogP) is 0.0765. The molecular weight excluding hydrogens is 378 g/mol. The average Bonchev–Trinajstić information content (AvgIpc) is 3.12. The molecule has 27 heavy (non-hydrogen) atoms. The Bertz CT molecular complexity index is 701. The fourth-order valence-electron chi connectivity index (χ4n) is 2.22. The number of primary amides is 1. The molecule has 1 aliphatic rings. The molecule has 0 aromatic heterocycles. The van der Waals surface area contributed by atoms with Gasteiger partial charge in [0, 0.05) is 5.75 Å². The van der Waals surface area contributed by atoms with Crippen LogP contribution >= 0.6 is 11.8 Å². The van der Waals surface area contributed by atoms with Crippen molar-refractivity contribution >= 4 is 28.9 Å². The van der Waals surface area contributed by atoms with E-state index in [0.29, 0.717) is 17.9 Å². The second-order valence-electron chi connectivity index (χ2n) is 5.57. The molecule has 5 N–H and O–H groups in total. The number of nitrogens with two attached hydrogens (primary N) is 2. The van der Waals surface area contributed by atoms with Gasteiger partial charge in [-0.2, -0.15) is 0 Å². The Morgan fingerprint density at radius 2 is 2.04 bits per heavy atom. The van der Waals surface area contributed by atoms with Crippen LogP contribution in [-0.2, 0) is 25.6 Å². The molecule has 10 nitrogen and oxygen atoms in total. The second kappa shape index (κ2) is 10.00. The van der Waals surface area contributed by atoms with Crippen molar-refractivity contribution in [1.29, 1.82) is 0 Å². The highest BCUT2D eigenvalue weighted by molar-refractivity contribution is 8.13. The van der Waals surface area contributed by atoms with E-state index >= 15 is 0 Å². The molecule has 0 saturated carbocycles. The van der Waals surface area contributed by atoms with E-state index in [9.17, 15) is 14.4 Å². The van der Waals surface area contributed by atoms with Crippen molar-refractivity contribution in [3.05, 3.63) is 23.8 Å². The zero-order valence-electron chi connectivity index (χ0n) is 14.6. The van der Waals surface area contributed by atoms with Crippen LogP contribution in [0.1, 0.15) is 12.0 Å². The number of thioether (sulfide) groups is 1. The number of benzene rings is 1. The van der Waals surface area contributed by atoms with Gasteiger partial charge in [-0.3, -0.25) is 14.4 Å². The first-order chi connectivity index (χ1) is 12.9. The summed E-state index contributed by atoms with van der Waals surface area (Å²) in [4.78, 5) is 39.4. The van der Waals surface area contributed by atoms with E-state index in [0.717, 1.165) is 17.3 Å². The van der Waals surface area contributed by atoms with Gasteiger partial charge >= 0.3 is 11.9 Å². The molecule has 2 rings (SSSR count). The summed E-state index contributed by atoms with van der Waals surface area (Å²) in [6.45, 7) is 0.176. The van der Waals surface area contributed by atoms with Gasteiger partial charge in [0.1, 0.15) is 6.04 Å². The maximum Gasteiger partial charge on any atom is 0.325 e. The summed E-state index contributed by atoms with van der Waals surface area (Å²) in [6, 6.07) is 3.41. The molecule has 148 valence electrons. The van der Waals surface area contributed by atoms with Crippen LogP contribution in [0.4, 0.5) is 4.79 Å². The zero-order chi connectivity index (χ0) is 19.8. The molecule has 0 saturated heterocycles. The van der Waals surface area contributed by atoms with Crippen LogP contribution in [0.5, 0.6) is 11.5 Å². The standard InChI is InChI=1S/C16H21N3O7S/c1-23-15(21)14(17)10(7-27-16(18)22)19-26-13(20)5-3-9-2-4-11-12(6-9)25-8-24-11/h2,4,6,10,14,19H,3,5,7-8,17H2,1H3,(H2,18,22)/t10?,14-/m0/s1. The van der Waals surface area contributed by atoms with Gasteiger partial charge in [0.15, 0.2) is 11.5 Å². The van der Waals surface area contributed by atoms with Gasteiger partial charge in [-0.1, -0.05) is 17.8 Å². The molecule has 11 heteroatoms. The lowest BCUT2D eigenvalue weighted by Gasteiger charge is -2.21. The highest BCUT2D eigenvalue weighted by atomic mass is 32.2. The van der Waals surface area contributed by atoms with Crippen LogP contribution in [0.15, 0.2) is 18.2 Å². The fraction of sp³-hybridized carbons (Fsp3) is 0.438. The number of fused-ring (bicyclic) bond motifs is 1. The lowest BCUT2D eigenvalue weighted by Crippen LogP contribution is -2.52. The lowest BCUT2D eigenvalue weighted by molar-refractivity contribution is -0.155. The summed E-state index contributed by atoms with van der Waals surface area (Å²) in [7, 11) is 1.18. The van der Waals surface area contributed by atoms with Crippen molar-refractivity contribution in [2.24, 2.45) is 11.5 Å². The SMILES string of the molecule is COC(=O)[C@@H](N)C(CSC(N)=O)NOC(=O)CCc1ccc2c(c1)OCO2. The second-order valence-corrected chi connectivity index (χ2v) is 6.59. The van der Waals surface area contributed by atoms with Crippen LogP contribution in [0.3, 0.4) is 0 Å². The molecule has 1 aliphatic heterocycles. The van der Waals surface area contributed by atoms with Crippen molar-refractivity contribution in [1.82, 2.24) is 5.48 Å². The zero-order valence-corrected chi connectivity index (χ0v) is 15.5. The van der Waals surface area contributed by atoms with Gasteiger partial charge in [0.05, 0.1) is 19.6 Å². The summed E-state index contributed by atoms with van der Waals surface area (Å²) >= 11 is 0.740. The van der Waals surface area contributed by atoms with Gasteiger partial charge in [-0.05, 0) is 24.1 Å². The molecule has 1 amide bonds. The van der Waals surface area contributed by atoms with Crippen LogP contribution in [-0.4, -0.2) is 48.9 Å². The van der Waals surface area contributed by atoms with Crippen LogP contribution in [0, 0.1) is 0 Å². The van der Waals surface area contributed by atoms with E-state index < -0.39 is 29.3 Å². The Labute approximate surface area is 159 Å². The molecule has 1 heterocycles. The number of rotatable bonds is 9. The maximum absolute atomic E-state index is 12.0. The summed E-state index contributed by atoms with van der Waals surface area (Å²) < 4.78 is 15.1. The minimum absolute atomic E-state index is 0.0288. The number of methoxy groups -OCH3 is 1. The van der Waals surface area contributed by atoms with Crippen molar-refractivity contribution < 1.29 is 33.4 Å². The minimum atomic E-state index is -1.14. The number of hydrogen-bond acceptors (Lipinski definition) is 10. The first kappa shape index (κ1) is 20.8. The normalized spacial score (nSPS) is 14.3.